The van der Waals surface area contributed by atoms with Crippen molar-refractivity contribution in [2.75, 3.05) is 13.2 Å². The van der Waals surface area contributed by atoms with Crippen molar-refractivity contribution in [3.8, 4) is 0 Å². The molecular weight excluding hydrogens is 250 g/mol. The van der Waals surface area contributed by atoms with Crippen molar-refractivity contribution in [1.82, 2.24) is 14.9 Å². The van der Waals surface area contributed by atoms with Crippen molar-refractivity contribution in [3.63, 3.8) is 0 Å². The van der Waals surface area contributed by atoms with Crippen molar-refractivity contribution in [2.45, 2.75) is 40.0 Å². The lowest BCUT2D eigenvalue weighted by Crippen LogP contribution is -2.34. The lowest BCUT2D eigenvalue weighted by molar-refractivity contribution is 0.0936. The maximum Gasteiger partial charge on any atom is 0.264 e. The SMILES string of the molecule is CCc1nnsc1C(=O)NCC(C)(C)CCCO. The zero-order chi connectivity index (χ0) is 13.6. The van der Waals surface area contributed by atoms with Gasteiger partial charge >= 0.3 is 0 Å². The summed E-state index contributed by atoms with van der Waals surface area (Å²) in [4.78, 5) is 12.6. The number of aromatic nitrogens is 2. The van der Waals surface area contributed by atoms with Crippen molar-refractivity contribution in [2.24, 2.45) is 5.41 Å². The standard InChI is InChI=1S/C12H21N3O2S/c1-4-9-10(18-15-14-9)11(17)13-8-12(2,3)6-5-7-16/h16H,4-8H2,1-3H3,(H,13,17). The highest BCUT2D eigenvalue weighted by atomic mass is 32.1. The van der Waals surface area contributed by atoms with Gasteiger partial charge in [0.25, 0.3) is 5.91 Å². The Labute approximate surface area is 112 Å². The van der Waals surface area contributed by atoms with Gasteiger partial charge in [-0.05, 0) is 36.2 Å². The molecule has 0 aliphatic carbocycles. The van der Waals surface area contributed by atoms with Crippen LogP contribution in [0.15, 0.2) is 0 Å². The van der Waals surface area contributed by atoms with E-state index in [-0.39, 0.29) is 17.9 Å². The summed E-state index contributed by atoms with van der Waals surface area (Å²) in [7, 11) is 0. The van der Waals surface area contributed by atoms with Crippen LogP contribution in [0.25, 0.3) is 0 Å². The Balaban J connectivity index is 2.51. The van der Waals surface area contributed by atoms with Crippen molar-refractivity contribution >= 4 is 17.4 Å². The summed E-state index contributed by atoms with van der Waals surface area (Å²) in [6.45, 7) is 6.89. The van der Waals surface area contributed by atoms with Crippen molar-refractivity contribution < 1.29 is 9.90 Å². The summed E-state index contributed by atoms with van der Waals surface area (Å²) >= 11 is 1.14. The molecule has 0 fully saturated rings. The van der Waals surface area contributed by atoms with E-state index in [0.717, 1.165) is 30.1 Å². The fourth-order valence-electron chi connectivity index (χ4n) is 1.66. The number of nitrogens with one attached hydrogen (secondary N) is 1. The molecule has 0 aliphatic heterocycles. The van der Waals surface area contributed by atoms with E-state index in [9.17, 15) is 4.79 Å². The minimum atomic E-state index is -0.0982. The molecule has 18 heavy (non-hydrogen) atoms. The second-order valence-electron chi connectivity index (χ2n) is 5.08. The number of rotatable bonds is 7. The molecule has 6 heteroatoms. The molecule has 0 unspecified atom stereocenters. The van der Waals surface area contributed by atoms with Gasteiger partial charge in [-0.25, -0.2) is 0 Å². The number of hydrogen-bond donors (Lipinski definition) is 2. The van der Waals surface area contributed by atoms with Crippen LogP contribution in [0.5, 0.6) is 0 Å². The summed E-state index contributed by atoms with van der Waals surface area (Å²) in [5.41, 5.74) is 0.744. The van der Waals surface area contributed by atoms with Gasteiger partial charge in [0.1, 0.15) is 4.88 Å². The average Bonchev–Trinajstić information content (AvgIpc) is 2.82. The Kier molecular flexibility index (Phi) is 5.68. The van der Waals surface area contributed by atoms with E-state index < -0.39 is 0 Å². The third kappa shape index (κ3) is 4.34. The molecule has 0 saturated heterocycles. The van der Waals surface area contributed by atoms with E-state index in [2.05, 4.69) is 28.8 Å². The van der Waals surface area contributed by atoms with Crippen LogP contribution < -0.4 is 5.32 Å². The Hall–Kier alpha value is -1.01. The second-order valence-corrected chi connectivity index (χ2v) is 5.83. The van der Waals surface area contributed by atoms with Gasteiger partial charge in [0.15, 0.2) is 0 Å². The smallest absolute Gasteiger partial charge is 0.264 e. The van der Waals surface area contributed by atoms with Crippen LogP contribution in [0.2, 0.25) is 0 Å². The highest BCUT2D eigenvalue weighted by molar-refractivity contribution is 7.08. The van der Waals surface area contributed by atoms with E-state index in [1.807, 2.05) is 6.92 Å². The summed E-state index contributed by atoms with van der Waals surface area (Å²) in [6, 6.07) is 0. The van der Waals surface area contributed by atoms with Gasteiger partial charge in [0, 0.05) is 13.2 Å². The quantitative estimate of drug-likeness (QED) is 0.790. The van der Waals surface area contributed by atoms with Gasteiger partial charge in [0.2, 0.25) is 0 Å². The zero-order valence-corrected chi connectivity index (χ0v) is 12.0. The molecule has 0 bridgehead atoms. The highest BCUT2D eigenvalue weighted by Gasteiger charge is 2.21. The number of aliphatic hydroxyl groups is 1. The third-order valence-electron chi connectivity index (χ3n) is 2.84. The summed E-state index contributed by atoms with van der Waals surface area (Å²) < 4.78 is 3.81. The Morgan fingerprint density at radius 2 is 2.22 bits per heavy atom. The van der Waals surface area contributed by atoms with E-state index in [4.69, 9.17) is 5.11 Å². The molecule has 1 rings (SSSR count). The Morgan fingerprint density at radius 3 is 2.83 bits per heavy atom. The fourth-order valence-corrected chi connectivity index (χ4v) is 2.32. The summed E-state index contributed by atoms with van der Waals surface area (Å²) in [5, 5.41) is 15.7. The number of carbonyl (C=O) groups excluding carboxylic acids is 1. The van der Waals surface area contributed by atoms with Gasteiger partial charge in [-0.1, -0.05) is 25.3 Å². The van der Waals surface area contributed by atoms with Crippen LogP contribution in [0.1, 0.15) is 49.0 Å². The minimum absolute atomic E-state index is 0.0110. The fraction of sp³-hybridized carbons (Fsp3) is 0.750. The number of nitrogens with zero attached hydrogens (tertiary/aromatic N) is 2. The van der Waals surface area contributed by atoms with E-state index in [1.54, 1.807) is 0 Å². The molecule has 102 valence electrons. The molecule has 2 N–H and O–H groups in total. The monoisotopic (exact) mass is 271 g/mol. The van der Waals surface area contributed by atoms with Gasteiger partial charge < -0.3 is 10.4 Å². The molecular formula is C12H21N3O2S. The molecule has 0 aliphatic rings. The molecule has 0 radical (unpaired) electrons. The molecule has 1 heterocycles. The minimum Gasteiger partial charge on any atom is -0.396 e. The first-order chi connectivity index (χ1) is 8.50. The Bertz CT molecular complexity index is 390. The van der Waals surface area contributed by atoms with E-state index >= 15 is 0 Å². The van der Waals surface area contributed by atoms with Crippen LogP contribution in [0.3, 0.4) is 0 Å². The molecule has 0 atom stereocenters. The first-order valence-corrected chi connectivity index (χ1v) is 6.98. The van der Waals surface area contributed by atoms with E-state index in [1.165, 1.54) is 0 Å². The Morgan fingerprint density at radius 1 is 1.50 bits per heavy atom. The van der Waals surface area contributed by atoms with Crippen LogP contribution in [-0.4, -0.2) is 33.8 Å². The number of amides is 1. The predicted molar refractivity (Wildman–Crippen MR) is 71.7 cm³/mol. The molecule has 5 nitrogen and oxygen atoms in total. The van der Waals surface area contributed by atoms with Gasteiger partial charge in [-0.2, -0.15) is 0 Å². The second kappa shape index (κ2) is 6.80. The molecule has 1 amide bonds. The summed E-state index contributed by atoms with van der Waals surface area (Å²) in [6.07, 6.45) is 2.35. The van der Waals surface area contributed by atoms with Crippen LogP contribution in [-0.2, 0) is 6.42 Å². The third-order valence-corrected chi connectivity index (χ3v) is 3.60. The lowest BCUT2D eigenvalue weighted by atomic mass is 9.88. The molecule has 1 aromatic heterocycles. The first-order valence-electron chi connectivity index (χ1n) is 6.20. The number of aliphatic hydroxyl groups excluding tert-OH is 1. The maximum atomic E-state index is 12.0. The van der Waals surface area contributed by atoms with Crippen LogP contribution in [0, 0.1) is 5.41 Å². The molecule has 1 aromatic rings. The first kappa shape index (κ1) is 15.0. The topological polar surface area (TPSA) is 75.1 Å². The van der Waals surface area contributed by atoms with Crippen molar-refractivity contribution in [3.05, 3.63) is 10.6 Å². The van der Waals surface area contributed by atoms with Gasteiger partial charge in [0.05, 0.1) is 5.69 Å². The average molecular weight is 271 g/mol. The number of aryl methyl sites for hydroxylation is 1. The molecule has 0 spiro atoms. The van der Waals surface area contributed by atoms with Crippen LogP contribution in [0.4, 0.5) is 0 Å². The van der Waals surface area contributed by atoms with Crippen molar-refractivity contribution in [1.29, 1.82) is 0 Å². The van der Waals surface area contributed by atoms with Crippen LogP contribution >= 0.6 is 11.5 Å². The maximum absolute atomic E-state index is 12.0. The largest absolute Gasteiger partial charge is 0.396 e. The predicted octanol–water partition coefficient (Wildman–Crippen LogP) is 1.63. The summed E-state index contributed by atoms with van der Waals surface area (Å²) in [5.74, 6) is -0.0982. The van der Waals surface area contributed by atoms with Gasteiger partial charge in [-0.15, -0.1) is 5.10 Å². The highest BCUT2D eigenvalue weighted by Crippen LogP contribution is 2.21. The molecule has 0 aromatic carbocycles. The van der Waals surface area contributed by atoms with Gasteiger partial charge in [-0.3, -0.25) is 4.79 Å². The zero-order valence-electron chi connectivity index (χ0n) is 11.2. The number of carbonyl (C=O) groups is 1. The lowest BCUT2D eigenvalue weighted by Gasteiger charge is -2.24. The van der Waals surface area contributed by atoms with E-state index in [0.29, 0.717) is 17.8 Å². The normalized spacial score (nSPS) is 11.6. The number of hydrogen-bond acceptors (Lipinski definition) is 5. The molecule has 0 saturated carbocycles.